The van der Waals surface area contributed by atoms with E-state index in [0.29, 0.717) is 37.6 Å². The maximum absolute atomic E-state index is 12.7. The molecule has 2 aromatic rings. The van der Waals surface area contributed by atoms with Gasteiger partial charge >= 0.3 is 0 Å². The number of hydrogen-bond acceptors (Lipinski definition) is 7. The van der Waals surface area contributed by atoms with Crippen LogP contribution in [0.1, 0.15) is 43.2 Å². The topological polar surface area (TPSA) is 131 Å². The lowest BCUT2D eigenvalue weighted by Crippen LogP contribution is -2.40. The highest BCUT2D eigenvalue weighted by Gasteiger charge is 2.26. The predicted molar refractivity (Wildman–Crippen MR) is 142 cm³/mol. The quantitative estimate of drug-likeness (QED) is 0.452. The van der Waals surface area contributed by atoms with E-state index in [9.17, 15) is 21.6 Å². The molecule has 1 aliphatic heterocycles. The smallest absolute Gasteiger partial charge is 0.258 e. The van der Waals surface area contributed by atoms with E-state index in [1.807, 2.05) is 0 Å². The molecule has 1 amide bonds. The Morgan fingerprint density at radius 1 is 0.974 bits per heavy atom. The number of carbonyl (C=O) groups is 1. The number of sulfonamides is 2. The van der Waals surface area contributed by atoms with Crippen LogP contribution in [0.2, 0.25) is 0 Å². The van der Waals surface area contributed by atoms with E-state index in [1.54, 1.807) is 31.2 Å². The summed E-state index contributed by atoms with van der Waals surface area (Å²) >= 11 is 0. The monoisotopic (exact) mass is 565 g/mol. The zero-order chi connectivity index (χ0) is 27.2. The minimum atomic E-state index is -3.62. The molecule has 0 unspecified atom stereocenters. The molecule has 1 saturated heterocycles. The van der Waals surface area contributed by atoms with Crippen molar-refractivity contribution in [1.29, 1.82) is 0 Å². The largest absolute Gasteiger partial charge is 0.484 e. The van der Waals surface area contributed by atoms with Gasteiger partial charge in [-0.3, -0.25) is 4.79 Å². The number of carbonyl (C=O) groups excluding carboxylic acids is 1. The van der Waals surface area contributed by atoms with Crippen LogP contribution in [-0.4, -0.2) is 66.0 Å². The van der Waals surface area contributed by atoms with Crippen LogP contribution < -0.4 is 14.8 Å². The van der Waals surface area contributed by atoms with Crippen LogP contribution in [0.25, 0.3) is 0 Å². The summed E-state index contributed by atoms with van der Waals surface area (Å²) in [7, 11) is -7.19. The number of aryl methyl sites for hydroxylation is 1. The summed E-state index contributed by atoms with van der Waals surface area (Å²) in [4.78, 5) is 12.7. The Hall–Kier alpha value is -2.51. The average Bonchev–Trinajstić information content (AvgIpc) is 2.92. The highest BCUT2D eigenvalue weighted by Crippen LogP contribution is 2.24. The molecule has 2 fully saturated rings. The van der Waals surface area contributed by atoms with Crippen molar-refractivity contribution in [3.8, 4) is 5.75 Å². The third kappa shape index (κ3) is 7.32. The van der Waals surface area contributed by atoms with Gasteiger partial charge in [-0.05, 0) is 61.2 Å². The van der Waals surface area contributed by atoms with Crippen LogP contribution in [0.5, 0.6) is 5.75 Å². The van der Waals surface area contributed by atoms with Gasteiger partial charge in [0.2, 0.25) is 20.0 Å². The Balaban J connectivity index is 1.26. The number of nitrogens with one attached hydrogen (secondary N) is 2. The number of morpholine rings is 1. The summed E-state index contributed by atoms with van der Waals surface area (Å²) in [6.45, 7) is 3.13. The van der Waals surface area contributed by atoms with Crippen molar-refractivity contribution < 1.29 is 31.1 Å². The number of ether oxygens (including phenoxy) is 2. The van der Waals surface area contributed by atoms with Crippen LogP contribution in [0.15, 0.2) is 52.3 Å². The first kappa shape index (κ1) is 28.5. The fourth-order valence-corrected chi connectivity index (χ4v) is 7.37. The van der Waals surface area contributed by atoms with Crippen LogP contribution in [0.4, 0.5) is 0 Å². The molecule has 2 N–H and O–H groups in total. The van der Waals surface area contributed by atoms with Crippen LogP contribution in [-0.2, 0) is 36.1 Å². The van der Waals surface area contributed by atoms with E-state index in [1.165, 1.54) is 22.5 Å². The van der Waals surface area contributed by atoms with Crippen molar-refractivity contribution >= 4 is 26.0 Å². The summed E-state index contributed by atoms with van der Waals surface area (Å²) in [5.74, 6) is 0.0690. The predicted octanol–water partition coefficient (Wildman–Crippen LogP) is 2.32. The van der Waals surface area contributed by atoms with Gasteiger partial charge < -0.3 is 14.8 Å². The van der Waals surface area contributed by atoms with Gasteiger partial charge in [-0.25, -0.2) is 21.6 Å². The van der Waals surface area contributed by atoms with E-state index in [0.717, 1.165) is 37.7 Å². The van der Waals surface area contributed by atoms with Gasteiger partial charge in [0.25, 0.3) is 5.91 Å². The third-order valence-corrected chi connectivity index (χ3v) is 10.2. The molecule has 1 aliphatic carbocycles. The molecule has 0 radical (unpaired) electrons. The second-order valence-corrected chi connectivity index (χ2v) is 13.3. The highest BCUT2D eigenvalue weighted by atomic mass is 32.2. The molecule has 208 valence electrons. The first-order valence-electron chi connectivity index (χ1n) is 12.8. The number of rotatable bonds is 10. The zero-order valence-corrected chi connectivity index (χ0v) is 23.2. The lowest BCUT2D eigenvalue weighted by molar-refractivity contribution is -0.123. The summed E-state index contributed by atoms with van der Waals surface area (Å²) in [6.07, 6.45) is 4.91. The SMILES string of the molecule is Cc1cc(S(=O)(=O)NC2CCCCC2)ccc1OCC(=O)NCc1ccc(S(=O)(=O)N2CCOCC2)cc1. The maximum atomic E-state index is 12.7. The van der Waals surface area contributed by atoms with Crippen LogP contribution >= 0.6 is 0 Å². The molecule has 2 aliphatic rings. The van der Waals surface area contributed by atoms with E-state index < -0.39 is 20.0 Å². The molecular formula is C26H35N3O7S2. The van der Waals surface area contributed by atoms with Gasteiger partial charge in [-0.15, -0.1) is 0 Å². The summed E-state index contributed by atoms with van der Waals surface area (Å²) < 4.78 is 66.0. The highest BCUT2D eigenvalue weighted by molar-refractivity contribution is 7.89. The Morgan fingerprint density at radius 3 is 2.29 bits per heavy atom. The summed E-state index contributed by atoms with van der Waals surface area (Å²) in [5, 5.41) is 2.75. The molecule has 1 heterocycles. The Morgan fingerprint density at radius 2 is 1.63 bits per heavy atom. The molecule has 4 rings (SSSR count). The van der Waals surface area contributed by atoms with Crippen molar-refractivity contribution in [1.82, 2.24) is 14.3 Å². The molecule has 1 saturated carbocycles. The number of amides is 1. The zero-order valence-electron chi connectivity index (χ0n) is 21.5. The van der Waals surface area contributed by atoms with Crippen molar-refractivity contribution in [2.45, 2.75) is 61.4 Å². The Kier molecular flexibility index (Phi) is 9.42. The maximum Gasteiger partial charge on any atom is 0.258 e. The Labute approximate surface area is 224 Å². The fourth-order valence-electron chi connectivity index (χ4n) is 4.57. The first-order chi connectivity index (χ1) is 18.1. The minimum absolute atomic E-state index is 0.0287. The van der Waals surface area contributed by atoms with Gasteiger partial charge in [-0.2, -0.15) is 4.31 Å². The molecule has 38 heavy (non-hydrogen) atoms. The normalized spacial score (nSPS) is 17.7. The summed E-state index contributed by atoms with van der Waals surface area (Å²) in [6, 6.07) is 11.0. The molecule has 10 nitrogen and oxygen atoms in total. The third-order valence-electron chi connectivity index (χ3n) is 6.76. The van der Waals surface area contributed by atoms with E-state index in [4.69, 9.17) is 9.47 Å². The molecule has 0 spiro atoms. The van der Waals surface area contributed by atoms with Crippen LogP contribution in [0.3, 0.4) is 0 Å². The summed E-state index contributed by atoms with van der Waals surface area (Å²) in [5.41, 5.74) is 1.36. The molecule has 0 atom stereocenters. The van der Waals surface area contributed by atoms with Crippen LogP contribution in [0, 0.1) is 6.92 Å². The molecular weight excluding hydrogens is 530 g/mol. The molecule has 0 aromatic heterocycles. The van der Waals surface area contributed by atoms with Crippen molar-refractivity contribution in [2.24, 2.45) is 0 Å². The van der Waals surface area contributed by atoms with Crippen molar-refractivity contribution in [3.63, 3.8) is 0 Å². The van der Waals surface area contributed by atoms with E-state index in [2.05, 4.69) is 10.0 Å². The Bertz CT molecular complexity index is 1320. The van der Waals surface area contributed by atoms with E-state index >= 15 is 0 Å². The second kappa shape index (κ2) is 12.6. The fraction of sp³-hybridized carbons (Fsp3) is 0.500. The molecule has 12 heteroatoms. The number of hydrogen-bond donors (Lipinski definition) is 2. The standard InChI is InChI=1S/C26H35N3O7S2/c1-20-17-24(37(31,32)28-22-5-3-2-4-6-22)11-12-25(20)36-19-26(30)27-18-21-7-9-23(10-8-21)38(33,34)29-13-15-35-16-14-29/h7-12,17,22,28H,2-6,13-16,18-19H2,1H3,(H,27,30). The minimum Gasteiger partial charge on any atom is -0.484 e. The average molecular weight is 566 g/mol. The van der Waals surface area contributed by atoms with Crippen molar-refractivity contribution in [2.75, 3.05) is 32.9 Å². The van der Waals surface area contributed by atoms with Crippen molar-refractivity contribution in [3.05, 3.63) is 53.6 Å². The second-order valence-electron chi connectivity index (χ2n) is 9.61. The van der Waals surface area contributed by atoms with Gasteiger partial charge in [0.1, 0.15) is 5.75 Å². The molecule has 2 aromatic carbocycles. The lowest BCUT2D eigenvalue weighted by Gasteiger charge is -2.26. The molecule has 0 bridgehead atoms. The van der Waals surface area contributed by atoms with Gasteiger partial charge in [0.05, 0.1) is 23.0 Å². The van der Waals surface area contributed by atoms with Gasteiger partial charge in [0.15, 0.2) is 6.61 Å². The number of nitrogens with zero attached hydrogens (tertiary/aromatic N) is 1. The first-order valence-corrected chi connectivity index (χ1v) is 15.8. The number of benzene rings is 2. The lowest BCUT2D eigenvalue weighted by atomic mass is 9.96. The van der Waals surface area contributed by atoms with Gasteiger partial charge in [0, 0.05) is 25.7 Å². The van der Waals surface area contributed by atoms with Gasteiger partial charge in [-0.1, -0.05) is 31.4 Å². The van der Waals surface area contributed by atoms with E-state index in [-0.39, 0.29) is 34.9 Å².